The standard InChI is InChI=1S/C18H21N3O3/c1-2-16-19-20-18(24-16)15-12-13-6-3-4-7-14(13)21(15)9-8-17-22-10-5-11-23-17/h3-4,6-7,12,17H,2,5,8-11H2,1H3. The maximum absolute atomic E-state index is 5.78. The van der Waals surface area contributed by atoms with Crippen LogP contribution in [0.5, 0.6) is 0 Å². The van der Waals surface area contributed by atoms with Gasteiger partial charge >= 0.3 is 0 Å². The molecule has 1 fully saturated rings. The van der Waals surface area contributed by atoms with Crippen LogP contribution in [0.1, 0.15) is 25.7 Å². The molecule has 2 aromatic heterocycles. The van der Waals surface area contributed by atoms with E-state index in [1.807, 2.05) is 19.1 Å². The summed E-state index contributed by atoms with van der Waals surface area (Å²) in [5.41, 5.74) is 2.10. The Labute approximate surface area is 140 Å². The number of nitrogens with zero attached hydrogens (tertiary/aromatic N) is 3. The molecule has 1 aromatic carbocycles. The number of benzene rings is 1. The molecule has 6 nitrogen and oxygen atoms in total. The molecule has 0 saturated carbocycles. The maximum Gasteiger partial charge on any atom is 0.264 e. The highest BCUT2D eigenvalue weighted by molar-refractivity contribution is 5.85. The minimum absolute atomic E-state index is 0.137. The van der Waals surface area contributed by atoms with E-state index in [4.69, 9.17) is 13.9 Å². The number of aryl methyl sites for hydroxylation is 2. The zero-order chi connectivity index (χ0) is 16.4. The van der Waals surface area contributed by atoms with Crippen LogP contribution in [0.3, 0.4) is 0 Å². The molecule has 1 aliphatic rings. The van der Waals surface area contributed by atoms with Crippen LogP contribution in [0.25, 0.3) is 22.5 Å². The van der Waals surface area contributed by atoms with Crippen molar-refractivity contribution in [1.82, 2.24) is 14.8 Å². The molecule has 3 heterocycles. The van der Waals surface area contributed by atoms with Gasteiger partial charge < -0.3 is 18.5 Å². The summed E-state index contributed by atoms with van der Waals surface area (Å²) >= 11 is 0. The Kier molecular flexibility index (Phi) is 4.32. The molecule has 0 bridgehead atoms. The Morgan fingerprint density at radius 3 is 2.79 bits per heavy atom. The lowest BCUT2D eigenvalue weighted by atomic mass is 10.2. The topological polar surface area (TPSA) is 62.3 Å². The summed E-state index contributed by atoms with van der Waals surface area (Å²) in [6, 6.07) is 10.4. The first-order valence-electron chi connectivity index (χ1n) is 8.49. The largest absolute Gasteiger partial charge is 0.419 e. The third kappa shape index (κ3) is 2.95. The third-order valence-electron chi connectivity index (χ3n) is 4.28. The summed E-state index contributed by atoms with van der Waals surface area (Å²) in [7, 11) is 0. The predicted octanol–water partition coefficient (Wildman–Crippen LogP) is 3.41. The lowest BCUT2D eigenvalue weighted by Gasteiger charge is -2.23. The second kappa shape index (κ2) is 6.75. The summed E-state index contributed by atoms with van der Waals surface area (Å²) in [6.07, 6.45) is 2.36. The summed E-state index contributed by atoms with van der Waals surface area (Å²) in [5, 5.41) is 9.46. The quantitative estimate of drug-likeness (QED) is 0.718. The molecular formula is C18H21N3O3. The van der Waals surface area contributed by atoms with Crippen molar-refractivity contribution in [2.24, 2.45) is 0 Å². The van der Waals surface area contributed by atoms with E-state index in [0.29, 0.717) is 11.8 Å². The van der Waals surface area contributed by atoms with Gasteiger partial charge in [0.05, 0.1) is 13.2 Å². The highest BCUT2D eigenvalue weighted by Gasteiger charge is 2.19. The van der Waals surface area contributed by atoms with E-state index in [1.54, 1.807) is 0 Å². The number of aromatic nitrogens is 3. The van der Waals surface area contributed by atoms with Crippen molar-refractivity contribution in [1.29, 1.82) is 0 Å². The maximum atomic E-state index is 5.78. The van der Waals surface area contributed by atoms with E-state index in [0.717, 1.165) is 55.6 Å². The zero-order valence-electron chi connectivity index (χ0n) is 13.8. The molecular weight excluding hydrogens is 306 g/mol. The van der Waals surface area contributed by atoms with E-state index in [-0.39, 0.29) is 6.29 Å². The lowest BCUT2D eigenvalue weighted by Crippen LogP contribution is -2.26. The van der Waals surface area contributed by atoms with Crippen LogP contribution in [-0.2, 0) is 22.4 Å². The first-order valence-corrected chi connectivity index (χ1v) is 8.49. The van der Waals surface area contributed by atoms with Crippen molar-refractivity contribution in [2.75, 3.05) is 13.2 Å². The summed E-state index contributed by atoms with van der Waals surface area (Å²) in [5.74, 6) is 1.22. The second-order valence-electron chi connectivity index (χ2n) is 5.91. The van der Waals surface area contributed by atoms with Crippen molar-refractivity contribution in [3.8, 4) is 11.6 Å². The van der Waals surface area contributed by atoms with Gasteiger partial charge in [-0.05, 0) is 18.6 Å². The van der Waals surface area contributed by atoms with Gasteiger partial charge in [-0.15, -0.1) is 10.2 Å². The highest BCUT2D eigenvalue weighted by atomic mass is 16.7. The van der Waals surface area contributed by atoms with E-state index in [2.05, 4.69) is 33.0 Å². The Morgan fingerprint density at radius 2 is 2.00 bits per heavy atom. The summed E-state index contributed by atoms with van der Waals surface area (Å²) in [6.45, 7) is 4.32. The molecule has 3 aromatic rings. The van der Waals surface area contributed by atoms with E-state index in [1.165, 1.54) is 0 Å². The lowest BCUT2D eigenvalue weighted by molar-refractivity contribution is -0.182. The molecule has 1 aliphatic heterocycles. The number of hydrogen-bond acceptors (Lipinski definition) is 5. The van der Waals surface area contributed by atoms with Crippen LogP contribution in [-0.4, -0.2) is 34.3 Å². The summed E-state index contributed by atoms with van der Waals surface area (Å²) < 4.78 is 19.3. The molecule has 0 radical (unpaired) electrons. The molecule has 0 aliphatic carbocycles. The Morgan fingerprint density at radius 1 is 1.17 bits per heavy atom. The van der Waals surface area contributed by atoms with Crippen LogP contribution in [0.4, 0.5) is 0 Å². The van der Waals surface area contributed by atoms with Gasteiger partial charge in [0.25, 0.3) is 5.89 Å². The van der Waals surface area contributed by atoms with E-state index >= 15 is 0 Å². The van der Waals surface area contributed by atoms with Gasteiger partial charge in [0.1, 0.15) is 5.69 Å². The van der Waals surface area contributed by atoms with Gasteiger partial charge in [0, 0.05) is 30.3 Å². The molecule has 0 amide bonds. The van der Waals surface area contributed by atoms with Crippen molar-refractivity contribution in [2.45, 2.75) is 39.0 Å². The van der Waals surface area contributed by atoms with Crippen molar-refractivity contribution in [3.05, 3.63) is 36.2 Å². The number of hydrogen-bond donors (Lipinski definition) is 0. The minimum Gasteiger partial charge on any atom is -0.419 e. The van der Waals surface area contributed by atoms with Crippen LogP contribution < -0.4 is 0 Å². The molecule has 24 heavy (non-hydrogen) atoms. The minimum atomic E-state index is -0.137. The predicted molar refractivity (Wildman–Crippen MR) is 89.5 cm³/mol. The zero-order valence-corrected chi connectivity index (χ0v) is 13.8. The number of fused-ring (bicyclic) bond motifs is 1. The van der Waals surface area contributed by atoms with Gasteiger partial charge in [-0.25, -0.2) is 0 Å². The van der Waals surface area contributed by atoms with E-state index in [9.17, 15) is 0 Å². The van der Waals surface area contributed by atoms with Crippen molar-refractivity contribution in [3.63, 3.8) is 0 Å². The average molecular weight is 327 g/mol. The average Bonchev–Trinajstić information content (AvgIpc) is 3.25. The number of ether oxygens (including phenoxy) is 2. The fraction of sp³-hybridized carbons (Fsp3) is 0.444. The van der Waals surface area contributed by atoms with Crippen LogP contribution >= 0.6 is 0 Å². The molecule has 0 spiro atoms. The number of rotatable bonds is 5. The van der Waals surface area contributed by atoms with Crippen molar-refractivity contribution >= 4 is 10.9 Å². The second-order valence-corrected chi connectivity index (χ2v) is 5.91. The molecule has 126 valence electrons. The molecule has 1 saturated heterocycles. The Hall–Kier alpha value is -2.18. The normalized spacial score (nSPS) is 16.0. The van der Waals surface area contributed by atoms with Gasteiger partial charge in [-0.2, -0.15) is 0 Å². The first-order chi connectivity index (χ1) is 11.8. The smallest absolute Gasteiger partial charge is 0.264 e. The molecule has 0 unspecified atom stereocenters. The molecule has 0 atom stereocenters. The van der Waals surface area contributed by atoms with Gasteiger partial charge in [-0.3, -0.25) is 0 Å². The molecule has 6 heteroatoms. The van der Waals surface area contributed by atoms with Gasteiger partial charge in [0.15, 0.2) is 6.29 Å². The molecule has 4 rings (SSSR count). The fourth-order valence-electron chi connectivity index (χ4n) is 3.07. The van der Waals surface area contributed by atoms with Crippen molar-refractivity contribution < 1.29 is 13.9 Å². The van der Waals surface area contributed by atoms with Crippen LogP contribution in [0, 0.1) is 0 Å². The first kappa shape index (κ1) is 15.4. The van der Waals surface area contributed by atoms with E-state index < -0.39 is 0 Å². The SMILES string of the molecule is CCc1nnc(-c2cc3ccccc3n2CCC2OCCCO2)o1. The highest BCUT2D eigenvalue weighted by Crippen LogP contribution is 2.28. The third-order valence-corrected chi connectivity index (χ3v) is 4.28. The Bertz CT molecular complexity index is 818. The Balaban J connectivity index is 1.67. The molecule has 0 N–H and O–H groups in total. The number of para-hydroxylation sites is 1. The van der Waals surface area contributed by atoms with Crippen LogP contribution in [0.15, 0.2) is 34.7 Å². The van der Waals surface area contributed by atoms with Gasteiger partial charge in [-0.1, -0.05) is 25.1 Å². The van der Waals surface area contributed by atoms with Crippen LogP contribution in [0.2, 0.25) is 0 Å². The van der Waals surface area contributed by atoms with Gasteiger partial charge in [0.2, 0.25) is 5.89 Å². The fourth-order valence-corrected chi connectivity index (χ4v) is 3.07. The monoisotopic (exact) mass is 327 g/mol. The summed E-state index contributed by atoms with van der Waals surface area (Å²) in [4.78, 5) is 0.